The van der Waals surface area contributed by atoms with E-state index in [9.17, 15) is 0 Å². The molecule has 170 valence electrons. The van der Waals surface area contributed by atoms with Gasteiger partial charge in [-0.3, -0.25) is 0 Å². The third kappa shape index (κ3) is 6.78. The van der Waals surface area contributed by atoms with Crippen molar-refractivity contribution in [3.63, 3.8) is 0 Å². The summed E-state index contributed by atoms with van der Waals surface area (Å²) in [7, 11) is 0. The molecule has 0 aliphatic heterocycles. The minimum atomic E-state index is 0.0165. The van der Waals surface area contributed by atoms with Crippen LogP contribution in [0.15, 0.2) is 127 Å². The molecule has 34 heavy (non-hydrogen) atoms. The van der Waals surface area contributed by atoms with Gasteiger partial charge in [-0.1, -0.05) is 48.6 Å². The summed E-state index contributed by atoms with van der Waals surface area (Å²) >= 11 is 0. The van der Waals surface area contributed by atoms with E-state index in [4.69, 9.17) is 17.7 Å². The summed E-state index contributed by atoms with van der Waals surface area (Å²) in [4.78, 5) is 0. The lowest BCUT2D eigenvalue weighted by Gasteiger charge is -2.04. The Bertz CT molecular complexity index is 1200. The van der Waals surface area contributed by atoms with Gasteiger partial charge in [-0.2, -0.15) is 0 Å². The number of furan rings is 4. The lowest BCUT2D eigenvalue weighted by atomic mass is 10.1. The zero-order chi connectivity index (χ0) is 23.4. The first kappa shape index (κ1) is 22.7. The molecule has 4 nitrogen and oxygen atoms in total. The SMILES string of the molecule is CC(c1ccc(C=CC=CC=Cc2ccco2)o1)c1ccc(C=CC=CC=Cc2ccco2)o1. The molecule has 0 spiro atoms. The van der Waals surface area contributed by atoms with Gasteiger partial charge in [-0.15, -0.1) is 0 Å². The molecule has 0 radical (unpaired) electrons. The third-order valence-electron chi connectivity index (χ3n) is 4.94. The minimum absolute atomic E-state index is 0.0165. The van der Waals surface area contributed by atoms with Crippen molar-refractivity contribution in [1.82, 2.24) is 0 Å². The van der Waals surface area contributed by atoms with Crippen LogP contribution in [0.5, 0.6) is 0 Å². The van der Waals surface area contributed by atoms with Crippen LogP contribution in [0.25, 0.3) is 24.3 Å². The molecule has 4 rings (SSSR count). The molecule has 0 aromatic carbocycles. The summed E-state index contributed by atoms with van der Waals surface area (Å²) in [6.07, 6.45) is 26.5. The van der Waals surface area contributed by atoms with Crippen molar-refractivity contribution in [1.29, 1.82) is 0 Å². The molecule has 0 atom stereocenters. The highest BCUT2D eigenvalue weighted by molar-refractivity contribution is 5.50. The summed E-state index contributed by atoms with van der Waals surface area (Å²) in [6, 6.07) is 15.4. The van der Waals surface area contributed by atoms with Crippen LogP contribution in [0.4, 0.5) is 0 Å². The topological polar surface area (TPSA) is 52.6 Å². The summed E-state index contributed by atoms with van der Waals surface area (Å²) in [6.45, 7) is 2.07. The van der Waals surface area contributed by atoms with Crippen LogP contribution in [-0.2, 0) is 0 Å². The summed E-state index contributed by atoms with van der Waals surface area (Å²) in [5.41, 5.74) is 0. The smallest absolute Gasteiger partial charge is 0.127 e. The normalized spacial score (nSPS) is 13.8. The van der Waals surface area contributed by atoms with Gasteiger partial charge in [-0.05, 0) is 79.8 Å². The molecule has 0 bridgehead atoms. The maximum absolute atomic E-state index is 5.97. The zero-order valence-electron chi connectivity index (χ0n) is 18.9. The average molecular weight is 451 g/mol. The molecule has 0 fully saturated rings. The van der Waals surface area contributed by atoms with Gasteiger partial charge in [0.05, 0.1) is 18.4 Å². The van der Waals surface area contributed by atoms with Gasteiger partial charge in [0.1, 0.15) is 34.6 Å². The number of allylic oxidation sites excluding steroid dienone is 8. The second-order valence-electron chi connectivity index (χ2n) is 7.44. The van der Waals surface area contributed by atoms with Crippen molar-refractivity contribution in [3.8, 4) is 0 Å². The first-order valence-electron chi connectivity index (χ1n) is 11.1. The lowest BCUT2D eigenvalue weighted by molar-refractivity contribution is 0.433. The van der Waals surface area contributed by atoms with E-state index in [2.05, 4.69) is 6.92 Å². The fourth-order valence-corrected chi connectivity index (χ4v) is 3.15. The molecule has 0 aliphatic rings. The van der Waals surface area contributed by atoms with Crippen molar-refractivity contribution in [2.24, 2.45) is 0 Å². The standard InChI is InChI=1S/C30H26O4/c1-24(29-20-18-27(33-29)14-8-4-2-6-12-25-16-10-22-31-25)30-21-19-28(34-30)15-9-5-3-7-13-26-17-11-23-32-26/h2-24H,1H3. The van der Waals surface area contributed by atoms with E-state index in [-0.39, 0.29) is 5.92 Å². The maximum Gasteiger partial charge on any atom is 0.127 e. The van der Waals surface area contributed by atoms with Crippen LogP contribution in [0.2, 0.25) is 0 Å². The van der Waals surface area contributed by atoms with Gasteiger partial charge in [0.2, 0.25) is 0 Å². The largest absolute Gasteiger partial charge is 0.465 e. The second kappa shape index (κ2) is 12.0. The van der Waals surface area contributed by atoms with Crippen molar-refractivity contribution in [3.05, 3.63) is 144 Å². The Morgan fingerprint density at radius 2 is 0.912 bits per heavy atom. The highest BCUT2D eigenvalue weighted by Gasteiger charge is 2.15. The van der Waals surface area contributed by atoms with Gasteiger partial charge in [0, 0.05) is 0 Å². The predicted octanol–water partition coefficient (Wildman–Crippen LogP) is 8.78. The van der Waals surface area contributed by atoms with Gasteiger partial charge in [0.25, 0.3) is 0 Å². The molecule has 4 heteroatoms. The van der Waals surface area contributed by atoms with Crippen molar-refractivity contribution in [2.45, 2.75) is 12.8 Å². The molecule has 4 aromatic heterocycles. The Labute approximate surface area is 199 Å². The van der Waals surface area contributed by atoms with E-state index in [0.717, 1.165) is 34.6 Å². The van der Waals surface area contributed by atoms with Crippen LogP contribution >= 0.6 is 0 Å². The van der Waals surface area contributed by atoms with E-state index in [1.54, 1.807) is 12.5 Å². The van der Waals surface area contributed by atoms with Crippen LogP contribution in [0.1, 0.15) is 47.4 Å². The van der Waals surface area contributed by atoms with E-state index in [1.807, 2.05) is 121 Å². The maximum atomic E-state index is 5.97. The molecule has 0 N–H and O–H groups in total. The molecule has 0 amide bonds. The number of hydrogen-bond acceptors (Lipinski definition) is 4. The summed E-state index contributed by atoms with van der Waals surface area (Å²) in [5, 5.41) is 0. The van der Waals surface area contributed by atoms with E-state index < -0.39 is 0 Å². The monoisotopic (exact) mass is 450 g/mol. The van der Waals surface area contributed by atoms with Crippen molar-refractivity contribution in [2.75, 3.05) is 0 Å². The molecule has 4 heterocycles. The Balaban J connectivity index is 1.27. The van der Waals surface area contributed by atoms with Gasteiger partial charge in [-0.25, -0.2) is 0 Å². The van der Waals surface area contributed by atoms with Crippen LogP contribution < -0.4 is 0 Å². The molecule has 4 aromatic rings. The highest BCUT2D eigenvalue weighted by Crippen LogP contribution is 2.28. The lowest BCUT2D eigenvalue weighted by Crippen LogP contribution is -1.91. The van der Waals surface area contributed by atoms with Crippen LogP contribution in [-0.4, -0.2) is 0 Å². The van der Waals surface area contributed by atoms with Gasteiger partial charge >= 0.3 is 0 Å². The highest BCUT2D eigenvalue weighted by atomic mass is 16.4. The van der Waals surface area contributed by atoms with Crippen LogP contribution in [0, 0.1) is 0 Å². The Kier molecular flexibility index (Phi) is 8.01. The van der Waals surface area contributed by atoms with Gasteiger partial charge < -0.3 is 17.7 Å². The molecular weight excluding hydrogens is 424 g/mol. The Morgan fingerprint density at radius 1 is 0.500 bits per heavy atom. The molecule has 0 saturated carbocycles. The fraction of sp³-hybridized carbons (Fsp3) is 0.0667. The quantitative estimate of drug-likeness (QED) is 0.227. The minimum Gasteiger partial charge on any atom is -0.465 e. The summed E-state index contributed by atoms with van der Waals surface area (Å²) < 4.78 is 22.4. The number of hydrogen-bond donors (Lipinski definition) is 0. The molecule has 0 aliphatic carbocycles. The zero-order valence-corrected chi connectivity index (χ0v) is 18.9. The first-order valence-corrected chi connectivity index (χ1v) is 11.1. The predicted molar refractivity (Wildman–Crippen MR) is 137 cm³/mol. The average Bonchev–Trinajstić information content (AvgIpc) is 3.66. The van der Waals surface area contributed by atoms with E-state index in [1.165, 1.54) is 0 Å². The third-order valence-corrected chi connectivity index (χ3v) is 4.94. The number of rotatable bonds is 10. The molecule has 0 saturated heterocycles. The van der Waals surface area contributed by atoms with Crippen molar-refractivity contribution >= 4 is 24.3 Å². The van der Waals surface area contributed by atoms with Crippen LogP contribution in [0.3, 0.4) is 0 Å². The second-order valence-corrected chi connectivity index (χ2v) is 7.44. The Morgan fingerprint density at radius 3 is 1.29 bits per heavy atom. The van der Waals surface area contributed by atoms with Gasteiger partial charge in [0.15, 0.2) is 0 Å². The molecular formula is C30H26O4. The van der Waals surface area contributed by atoms with E-state index in [0.29, 0.717) is 0 Å². The van der Waals surface area contributed by atoms with Crippen molar-refractivity contribution < 1.29 is 17.7 Å². The fourth-order valence-electron chi connectivity index (χ4n) is 3.15. The summed E-state index contributed by atoms with van der Waals surface area (Å²) in [5.74, 6) is 4.96. The van der Waals surface area contributed by atoms with E-state index >= 15 is 0 Å². The Hall–Kier alpha value is -4.44. The first-order chi connectivity index (χ1) is 16.8. The molecule has 0 unspecified atom stereocenters.